The van der Waals surface area contributed by atoms with E-state index in [1.165, 1.54) is 0 Å². The molecule has 0 saturated carbocycles. The van der Waals surface area contributed by atoms with Crippen LogP contribution in [0, 0.1) is 11.8 Å². The fourth-order valence-corrected chi connectivity index (χ4v) is 1.32. The Kier molecular flexibility index (Phi) is 4.92. The quantitative estimate of drug-likeness (QED) is 0.667. The minimum absolute atomic E-state index is 0.184. The number of carbonyl (C=O) groups is 1. The second-order valence-electron chi connectivity index (χ2n) is 3.37. The smallest absolute Gasteiger partial charge is 0.306 e. The Balaban J connectivity index is 3.56. The number of aliphatic carboxylic acids is 1. The van der Waals surface area contributed by atoms with Gasteiger partial charge in [0.15, 0.2) is 0 Å². The summed E-state index contributed by atoms with van der Waals surface area (Å²) in [7, 11) is 0. The molecule has 0 aromatic heterocycles. The van der Waals surface area contributed by atoms with Crippen LogP contribution in [-0.4, -0.2) is 11.1 Å². The summed E-state index contributed by atoms with van der Waals surface area (Å²) in [5, 5.41) is 8.60. The van der Waals surface area contributed by atoms with Gasteiger partial charge in [0.25, 0.3) is 0 Å². The maximum Gasteiger partial charge on any atom is 0.306 e. The third-order valence-electron chi connectivity index (χ3n) is 1.96. The van der Waals surface area contributed by atoms with Crippen molar-refractivity contribution in [1.82, 2.24) is 0 Å². The van der Waals surface area contributed by atoms with Crippen molar-refractivity contribution in [3.63, 3.8) is 0 Å². The van der Waals surface area contributed by atoms with Crippen molar-refractivity contribution in [2.45, 2.75) is 40.0 Å². The molecule has 1 N–H and O–H groups in total. The van der Waals surface area contributed by atoms with Gasteiger partial charge in [-0.05, 0) is 12.3 Å². The minimum Gasteiger partial charge on any atom is -0.481 e. The molecule has 0 bridgehead atoms. The van der Waals surface area contributed by atoms with Crippen LogP contribution in [0.25, 0.3) is 0 Å². The number of hydrogen-bond acceptors (Lipinski definition) is 1. The van der Waals surface area contributed by atoms with E-state index in [1.54, 1.807) is 6.92 Å². The van der Waals surface area contributed by atoms with Crippen molar-refractivity contribution in [3.8, 4) is 0 Å². The normalized spacial score (nSPS) is 15.9. The molecule has 0 aliphatic rings. The highest BCUT2D eigenvalue weighted by Gasteiger charge is 2.13. The highest BCUT2D eigenvalue weighted by atomic mass is 16.4. The fourth-order valence-electron chi connectivity index (χ4n) is 1.32. The average Bonchev–Trinajstić information content (AvgIpc) is 1.87. The predicted octanol–water partition coefficient (Wildman–Crippen LogP) is 2.53. The van der Waals surface area contributed by atoms with Crippen molar-refractivity contribution in [2.75, 3.05) is 0 Å². The number of hydrogen-bond donors (Lipinski definition) is 1. The molecule has 2 atom stereocenters. The summed E-state index contributed by atoms with van der Waals surface area (Å²) >= 11 is 0. The Morgan fingerprint density at radius 2 is 2.00 bits per heavy atom. The first-order chi connectivity index (χ1) is 5.07. The maximum atomic E-state index is 10.4. The molecule has 11 heavy (non-hydrogen) atoms. The van der Waals surface area contributed by atoms with E-state index >= 15 is 0 Å². The lowest BCUT2D eigenvalue weighted by atomic mass is 9.94. The van der Waals surface area contributed by atoms with Gasteiger partial charge >= 0.3 is 5.97 Å². The summed E-state index contributed by atoms with van der Waals surface area (Å²) in [4.78, 5) is 10.4. The summed E-state index contributed by atoms with van der Waals surface area (Å²) in [6, 6.07) is 0. The molecule has 0 amide bonds. The second-order valence-corrected chi connectivity index (χ2v) is 3.37. The molecule has 0 spiro atoms. The highest BCUT2D eigenvalue weighted by molar-refractivity contribution is 5.69. The third-order valence-corrected chi connectivity index (χ3v) is 1.96. The van der Waals surface area contributed by atoms with Crippen LogP contribution in [0.15, 0.2) is 0 Å². The lowest BCUT2D eigenvalue weighted by Gasteiger charge is -2.12. The van der Waals surface area contributed by atoms with E-state index in [4.69, 9.17) is 5.11 Å². The van der Waals surface area contributed by atoms with E-state index < -0.39 is 5.97 Å². The standard InChI is InChI=1S/C9H18O2/c1-4-5-7(2)6-8(3)9(10)11/h7-8H,4-6H2,1-3H3,(H,10,11)/t7-,8+/m1/s1. The van der Waals surface area contributed by atoms with Crippen molar-refractivity contribution < 1.29 is 9.90 Å². The monoisotopic (exact) mass is 158 g/mol. The van der Waals surface area contributed by atoms with Gasteiger partial charge in [-0.3, -0.25) is 4.79 Å². The number of rotatable bonds is 5. The molecule has 0 aliphatic heterocycles. The average molecular weight is 158 g/mol. The van der Waals surface area contributed by atoms with Crippen LogP contribution >= 0.6 is 0 Å². The predicted molar refractivity (Wildman–Crippen MR) is 45.5 cm³/mol. The summed E-state index contributed by atoms with van der Waals surface area (Å²) in [5.41, 5.74) is 0. The van der Waals surface area contributed by atoms with E-state index in [2.05, 4.69) is 13.8 Å². The number of carboxylic acid groups (broad SMARTS) is 1. The molecule has 0 radical (unpaired) electrons. The van der Waals surface area contributed by atoms with Crippen molar-refractivity contribution in [2.24, 2.45) is 11.8 Å². The Bertz CT molecular complexity index is 121. The van der Waals surface area contributed by atoms with Crippen LogP contribution in [0.4, 0.5) is 0 Å². The molecule has 0 rings (SSSR count). The molecule has 2 nitrogen and oxygen atoms in total. The van der Waals surface area contributed by atoms with Gasteiger partial charge in [-0.15, -0.1) is 0 Å². The van der Waals surface area contributed by atoms with Gasteiger partial charge in [-0.25, -0.2) is 0 Å². The van der Waals surface area contributed by atoms with Crippen molar-refractivity contribution in [1.29, 1.82) is 0 Å². The molecule has 2 heteroatoms. The van der Waals surface area contributed by atoms with E-state index in [0.717, 1.165) is 19.3 Å². The minimum atomic E-state index is -0.673. The van der Waals surface area contributed by atoms with Gasteiger partial charge in [-0.1, -0.05) is 33.6 Å². The largest absolute Gasteiger partial charge is 0.481 e. The molecular weight excluding hydrogens is 140 g/mol. The lowest BCUT2D eigenvalue weighted by Crippen LogP contribution is -2.12. The second kappa shape index (κ2) is 5.16. The van der Waals surface area contributed by atoms with E-state index in [9.17, 15) is 4.79 Å². The molecule has 66 valence electrons. The van der Waals surface area contributed by atoms with Crippen LogP contribution in [0.1, 0.15) is 40.0 Å². The molecule has 0 aromatic carbocycles. The summed E-state index contributed by atoms with van der Waals surface area (Å²) < 4.78 is 0. The first-order valence-corrected chi connectivity index (χ1v) is 4.30. The van der Waals surface area contributed by atoms with Crippen molar-refractivity contribution in [3.05, 3.63) is 0 Å². The van der Waals surface area contributed by atoms with Crippen LogP contribution in [0.2, 0.25) is 0 Å². The SMILES string of the molecule is CCC[C@@H](C)C[C@H](C)C(=O)O. The third kappa shape index (κ3) is 4.82. The maximum absolute atomic E-state index is 10.4. The topological polar surface area (TPSA) is 37.3 Å². The number of carboxylic acids is 1. The van der Waals surface area contributed by atoms with Crippen LogP contribution in [0.5, 0.6) is 0 Å². The molecular formula is C9H18O2. The lowest BCUT2D eigenvalue weighted by molar-refractivity contribution is -0.141. The summed E-state index contributed by atoms with van der Waals surface area (Å²) in [5.74, 6) is -0.310. The zero-order chi connectivity index (χ0) is 8.85. The van der Waals surface area contributed by atoms with Gasteiger partial charge in [-0.2, -0.15) is 0 Å². The van der Waals surface area contributed by atoms with E-state index in [0.29, 0.717) is 5.92 Å². The zero-order valence-corrected chi connectivity index (χ0v) is 7.63. The molecule has 0 fully saturated rings. The van der Waals surface area contributed by atoms with Crippen molar-refractivity contribution >= 4 is 5.97 Å². The Labute approximate surface area is 68.6 Å². The molecule has 0 unspecified atom stereocenters. The summed E-state index contributed by atoms with van der Waals surface area (Å²) in [6.07, 6.45) is 3.09. The highest BCUT2D eigenvalue weighted by Crippen LogP contribution is 2.16. The van der Waals surface area contributed by atoms with Gasteiger partial charge in [0.05, 0.1) is 5.92 Å². The van der Waals surface area contributed by atoms with Crippen LogP contribution < -0.4 is 0 Å². The fraction of sp³-hybridized carbons (Fsp3) is 0.889. The van der Waals surface area contributed by atoms with Crippen LogP contribution in [0.3, 0.4) is 0 Å². The first kappa shape index (κ1) is 10.5. The Hall–Kier alpha value is -0.530. The molecule has 0 aliphatic carbocycles. The van der Waals surface area contributed by atoms with Crippen LogP contribution in [-0.2, 0) is 4.79 Å². The van der Waals surface area contributed by atoms with Gasteiger partial charge in [0.1, 0.15) is 0 Å². The van der Waals surface area contributed by atoms with Gasteiger partial charge in [0.2, 0.25) is 0 Å². The molecule has 0 saturated heterocycles. The Morgan fingerprint density at radius 1 is 1.45 bits per heavy atom. The van der Waals surface area contributed by atoms with E-state index in [1.807, 2.05) is 0 Å². The first-order valence-electron chi connectivity index (χ1n) is 4.30. The molecule has 0 heterocycles. The summed E-state index contributed by atoms with van der Waals surface area (Å²) in [6.45, 7) is 6.01. The van der Waals surface area contributed by atoms with Gasteiger partial charge < -0.3 is 5.11 Å². The van der Waals surface area contributed by atoms with Gasteiger partial charge in [0, 0.05) is 0 Å². The molecule has 0 aromatic rings. The van der Waals surface area contributed by atoms with E-state index in [-0.39, 0.29) is 5.92 Å². The Morgan fingerprint density at radius 3 is 2.36 bits per heavy atom. The zero-order valence-electron chi connectivity index (χ0n) is 7.63.